The van der Waals surface area contributed by atoms with E-state index in [1.165, 1.54) is 23.1 Å². The normalized spacial score (nSPS) is 16.7. The number of hydrogen-bond acceptors (Lipinski definition) is 5. The molecule has 0 aliphatic carbocycles. The fourth-order valence-corrected chi connectivity index (χ4v) is 3.92. The maximum atomic E-state index is 14.7. The molecule has 1 amide bonds. The Balaban J connectivity index is 1.76. The molecule has 0 radical (unpaired) electrons. The van der Waals surface area contributed by atoms with E-state index in [4.69, 9.17) is 4.42 Å². The zero-order valence-electron chi connectivity index (χ0n) is 17.3. The number of aliphatic hydroxyl groups excluding tert-OH is 1. The number of Topliss-reactive ketones (excluding diaryl/α,β-unsaturated/α-hetero) is 1. The molecule has 0 unspecified atom stereocenters. The van der Waals surface area contributed by atoms with Crippen LogP contribution in [-0.2, 0) is 4.79 Å². The minimum absolute atomic E-state index is 0.00738. The van der Waals surface area contributed by atoms with Gasteiger partial charge in [-0.3, -0.25) is 9.59 Å². The number of halogens is 1. The number of ketones is 1. The Bertz CT molecular complexity index is 1150. The van der Waals surface area contributed by atoms with E-state index >= 15 is 0 Å². The van der Waals surface area contributed by atoms with Crippen molar-refractivity contribution < 1.29 is 23.5 Å². The third-order valence-corrected chi connectivity index (χ3v) is 5.40. The summed E-state index contributed by atoms with van der Waals surface area (Å²) in [6.45, 7) is 0.957. The highest BCUT2D eigenvalue weighted by Crippen LogP contribution is 2.40. The predicted octanol–water partition coefficient (Wildman–Crippen LogP) is 4.10. The van der Waals surface area contributed by atoms with Crippen molar-refractivity contribution in [3.63, 3.8) is 0 Å². The molecule has 1 aromatic heterocycles. The lowest BCUT2D eigenvalue weighted by Gasteiger charge is -2.27. The first kappa shape index (κ1) is 20.8. The Morgan fingerprint density at radius 2 is 1.87 bits per heavy atom. The van der Waals surface area contributed by atoms with E-state index in [9.17, 15) is 19.1 Å². The summed E-state index contributed by atoms with van der Waals surface area (Å²) < 4.78 is 20.4. The predicted molar refractivity (Wildman–Crippen MR) is 114 cm³/mol. The molecule has 31 heavy (non-hydrogen) atoms. The van der Waals surface area contributed by atoms with Gasteiger partial charge in [0.1, 0.15) is 11.4 Å². The third kappa shape index (κ3) is 3.84. The first-order valence-electron chi connectivity index (χ1n) is 10.0. The van der Waals surface area contributed by atoms with Crippen LogP contribution >= 0.6 is 0 Å². The van der Waals surface area contributed by atoms with E-state index in [2.05, 4.69) is 0 Å². The summed E-state index contributed by atoms with van der Waals surface area (Å²) in [7, 11) is 3.82. The SMILES string of the molecule is CN(C)CCCN1C(=O)C(O)=C(C(=O)c2cc3ccccc3o2)[C@@H]1c1ccccc1F. The number of carbonyl (C=O) groups excluding carboxylic acids is 2. The molecule has 0 fully saturated rings. The van der Waals surface area contributed by atoms with Crippen LogP contribution in [0.25, 0.3) is 11.0 Å². The summed E-state index contributed by atoms with van der Waals surface area (Å²) in [5.74, 6) is -2.55. The number of fused-ring (bicyclic) bond motifs is 1. The van der Waals surface area contributed by atoms with E-state index in [0.29, 0.717) is 18.5 Å². The first-order valence-corrected chi connectivity index (χ1v) is 10.0. The van der Waals surface area contributed by atoms with Gasteiger partial charge >= 0.3 is 0 Å². The maximum Gasteiger partial charge on any atom is 0.290 e. The highest BCUT2D eigenvalue weighted by atomic mass is 19.1. The summed E-state index contributed by atoms with van der Waals surface area (Å²) in [5, 5.41) is 11.4. The van der Waals surface area contributed by atoms with Gasteiger partial charge in [0.15, 0.2) is 11.5 Å². The number of para-hydroxylation sites is 1. The second kappa shape index (κ2) is 8.35. The topological polar surface area (TPSA) is 74.0 Å². The number of carbonyl (C=O) groups is 2. The van der Waals surface area contributed by atoms with Crippen molar-refractivity contribution in [2.24, 2.45) is 0 Å². The van der Waals surface area contributed by atoms with Crippen molar-refractivity contribution in [1.82, 2.24) is 9.80 Å². The van der Waals surface area contributed by atoms with Gasteiger partial charge < -0.3 is 19.3 Å². The van der Waals surface area contributed by atoms with Gasteiger partial charge in [-0.2, -0.15) is 0 Å². The molecule has 4 rings (SSSR count). The summed E-state index contributed by atoms with van der Waals surface area (Å²) in [5.41, 5.74) is 0.503. The summed E-state index contributed by atoms with van der Waals surface area (Å²) in [6.07, 6.45) is 0.600. The minimum atomic E-state index is -1.03. The van der Waals surface area contributed by atoms with Crippen molar-refractivity contribution in [1.29, 1.82) is 0 Å². The average molecular weight is 422 g/mol. The zero-order chi connectivity index (χ0) is 22.1. The molecule has 1 aliphatic rings. The van der Waals surface area contributed by atoms with E-state index in [1.54, 1.807) is 30.3 Å². The Hall–Kier alpha value is -3.45. The van der Waals surface area contributed by atoms with Crippen LogP contribution in [0.1, 0.15) is 28.6 Å². The highest BCUT2D eigenvalue weighted by molar-refractivity contribution is 6.16. The second-order valence-electron chi connectivity index (χ2n) is 7.82. The fourth-order valence-electron chi connectivity index (χ4n) is 3.92. The molecule has 160 valence electrons. The van der Waals surface area contributed by atoms with Crippen LogP contribution < -0.4 is 0 Å². The van der Waals surface area contributed by atoms with Crippen LogP contribution in [0.5, 0.6) is 0 Å². The Morgan fingerprint density at radius 1 is 1.16 bits per heavy atom. The number of nitrogens with zero attached hydrogens (tertiary/aromatic N) is 2. The molecule has 7 heteroatoms. The van der Waals surface area contributed by atoms with Gasteiger partial charge in [0.05, 0.1) is 11.6 Å². The van der Waals surface area contributed by atoms with Crippen LogP contribution in [-0.4, -0.2) is 53.8 Å². The van der Waals surface area contributed by atoms with Gasteiger partial charge in [0, 0.05) is 17.5 Å². The van der Waals surface area contributed by atoms with E-state index in [1.807, 2.05) is 25.1 Å². The molecule has 1 N–H and O–H groups in total. The van der Waals surface area contributed by atoms with E-state index in [-0.39, 0.29) is 23.4 Å². The van der Waals surface area contributed by atoms with Gasteiger partial charge in [0.2, 0.25) is 5.78 Å². The van der Waals surface area contributed by atoms with Gasteiger partial charge in [0.25, 0.3) is 5.91 Å². The van der Waals surface area contributed by atoms with Crippen molar-refractivity contribution >= 4 is 22.7 Å². The summed E-state index contributed by atoms with van der Waals surface area (Å²) in [6, 6.07) is 13.6. The van der Waals surface area contributed by atoms with Crippen LogP contribution in [0.3, 0.4) is 0 Å². The zero-order valence-corrected chi connectivity index (χ0v) is 17.3. The molecule has 1 aliphatic heterocycles. The first-order chi connectivity index (χ1) is 14.9. The van der Waals surface area contributed by atoms with Crippen LogP contribution in [0.4, 0.5) is 4.39 Å². The molecule has 0 bridgehead atoms. The number of aliphatic hydroxyl groups is 1. The minimum Gasteiger partial charge on any atom is -0.503 e. The Kier molecular flexibility index (Phi) is 5.61. The van der Waals surface area contributed by atoms with Gasteiger partial charge in [-0.25, -0.2) is 4.39 Å². The van der Waals surface area contributed by atoms with Crippen molar-refractivity contribution in [3.05, 3.63) is 83.1 Å². The number of furan rings is 1. The lowest BCUT2D eigenvalue weighted by atomic mass is 9.94. The molecule has 1 atom stereocenters. The third-order valence-electron chi connectivity index (χ3n) is 5.40. The van der Waals surface area contributed by atoms with Crippen LogP contribution in [0.2, 0.25) is 0 Å². The number of rotatable bonds is 7. The monoisotopic (exact) mass is 422 g/mol. The molecule has 2 heterocycles. The van der Waals surface area contributed by atoms with Crippen LogP contribution in [0, 0.1) is 5.82 Å². The van der Waals surface area contributed by atoms with Gasteiger partial charge in [-0.05, 0) is 45.3 Å². The quantitative estimate of drug-likeness (QED) is 0.581. The molecular weight excluding hydrogens is 399 g/mol. The average Bonchev–Trinajstić information content (AvgIpc) is 3.28. The standard InChI is InChI=1S/C24H23FN2O4/c1-26(2)12-7-13-27-21(16-9-4-5-10-17(16)25)20(23(29)24(27)30)22(28)19-14-15-8-3-6-11-18(15)31-19/h3-6,8-11,14,21,29H,7,12-13H2,1-2H3/t21-/m0/s1. The fraction of sp³-hybridized carbons (Fsp3) is 0.250. The summed E-state index contributed by atoms with van der Waals surface area (Å²) >= 11 is 0. The largest absolute Gasteiger partial charge is 0.503 e. The van der Waals surface area contributed by atoms with E-state index < -0.39 is 29.3 Å². The number of amides is 1. The lowest BCUT2D eigenvalue weighted by Crippen LogP contribution is -2.34. The smallest absolute Gasteiger partial charge is 0.290 e. The van der Waals surface area contributed by atoms with E-state index in [0.717, 1.165) is 5.39 Å². The molecule has 0 saturated heterocycles. The lowest BCUT2D eigenvalue weighted by molar-refractivity contribution is -0.129. The maximum absolute atomic E-state index is 14.7. The van der Waals surface area contributed by atoms with Crippen molar-refractivity contribution in [3.8, 4) is 0 Å². The molecule has 6 nitrogen and oxygen atoms in total. The molecule has 0 saturated carbocycles. The highest BCUT2D eigenvalue weighted by Gasteiger charge is 2.45. The Morgan fingerprint density at radius 3 is 2.58 bits per heavy atom. The molecular formula is C24H23FN2O4. The van der Waals surface area contributed by atoms with Crippen molar-refractivity contribution in [2.45, 2.75) is 12.5 Å². The second-order valence-corrected chi connectivity index (χ2v) is 7.82. The number of hydrogen-bond donors (Lipinski definition) is 1. The van der Waals surface area contributed by atoms with Crippen LogP contribution in [0.15, 0.2) is 70.3 Å². The summed E-state index contributed by atoms with van der Waals surface area (Å²) in [4.78, 5) is 29.6. The van der Waals surface area contributed by atoms with Gasteiger partial charge in [-0.15, -0.1) is 0 Å². The molecule has 2 aromatic carbocycles. The number of benzene rings is 2. The molecule has 0 spiro atoms. The van der Waals surface area contributed by atoms with Gasteiger partial charge in [-0.1, -0.05) is 36.4 Å². The Labute approximate surface area is 179 Å². The molecule has 3 aromatic rings. The van der Waals surface area contributed by atoms with Crippen molar-refractivity contribution in [2.75, 3.05) is 27.2 Å².